The highest BCUT2D eigenvalue weighted by atomic mass is 35.5. The SMILES string of the molecule is NC1CCC(Nc2cc(-c3cncc(NCC4CCOCC4)n3)c(Cl)cn2)CC1. The molecule has 0 bridgehead atoms. The summed E-state index contributed by atoms with van der Waals surface area (Å²) < 4.78 is 5.42. The molecule has 2 aromatic heterocycles. The van der Waals surface area contributed by atoms with Crippen LogP contribution < -0.4 is 16.4 Å². The van der Waals surface area contributed by atoms with Crippen molar-refractivity contribution in [1.29, 1.82) is 0 Å². The van der Waals surface area contributed by atoms with E-state index >= 15 is 0 Å². The molecule has 7 nitrogen and oxygen atoms in total. The van der Waals surface area contributed by atoms with Crippen molar-refractivity contribution in [2.24, 2.45) is 11.7 Å². The number of anilines is 2. The van der Waals surface area contributed by atoms with E-state index in [1.807, 2.05) is 6.07 Å². The molecule has 3 heterocycles. The van der Waals surface area contributed by atoms with Crippen molar-refractivity contribution in [3.05, 3.63) is 29.7 Å². The molecule has 0 atom stereocenters. The Labute approximate surface area is 176 Å². The maximum absolute atomic E-state index is 6.43. The predicted octanol–water partition coefficient (Wildman–Crippen LogP) is 3.71. The van der Waals surface area contributed by atoms with Gasteiger partial charge in [-0.2, -0.15) is 0 Å². The smallest absolute Gasteiger partial charge is 0.145 e. The molecule has 0 aromatic carbocycles. The monoisotopic (exact) mass is 416 g/mol. The van der Waals surface area contributed by atoms with Crippen LogP contribution in [0.4, 0.5) is 11.6 Å². The summed E-state index contributed by atoms with van der Waals surface area (Å²) in [5.41, 5.74) is 7.58. The van der Waals surface area contributed by atoms with Crippen LogP contribution in [0.2, 0.25) is 5.02 Å². The van der Waals surface area contributed by atoms with E-state index in [2.05, 4.69) is 20.6 Å². The van der Waals surface area contributed by atoms with Gasteiger partial charge in [-0.15, -0.1) is 0 Å². The van der Waals surface area contributed by atoms with Crippen molar-refractivity contribution in [2.75, 3.05) is 30.4 Å². The van der Waals surface area contributed by atoms with Crippen molar-refractivity contribution in [2.45, 2.75) is 50.6 Å². The minimum absolute atomic E-state index is 0.327. The van der Waals surface area contributed by atoms with Gasteiger partial charge < -0.3 is 21.1 Å². The highest BCUT2D eigenvalue weighted by Crippen LogP contribution is 2.29. The maximum Gasteiger partial charge on any atom is 0.145 e. The second kappa shape index (κ2) is 9.69. The molecule has 156 valence electrons. The quantitative estimate of drug-likeness (QED) is 0.660. The summed E-state index contributed by atoms with van der Waals surface area (Å²) in [6, 6.07) is 2.69. The molecule has 4 rings (SSSR count). The molecule has 0 spiro atoms. The maximum atomic E-state index is 6.43. The van der Waals surface area contributed by atoms with Crippen LogP contribution in [0.5, 0.6) is 0 Å². The highest BCUT2D eigenvalue weighted by molar-refractivity contribution is 6.33. The van der Waals surface area contributed by atoms with E-state index in [4.69, 9.17) is 27.1 Å². The Bertz CT molecular complexity index is 806. The Hall–Kier alpha value is -1.96. The number of hydrogen-bond donors (Lipinski definition) is 3. The van der Waals surface area contributed by atoms with Crippen molar-refractivity contribution < 1.29 is 4.74 Å². The first-order valence-electron chi connectivity index (χ1n) is 10.5. The fourth-order valence-corrected chi connectivity index (χ4v) is 4.17. The zero-order valence-corrected chi connectivity index (χ0v) is 17.4. The van der Waals surface area contributed by atoms with Crippen LogP contribution in [0.15, 0.2) is 24.7 Å². The van der Waals surface area contributed by atoms with Crippen LogP contribution in [-0.2, 0) is 4.74 Å². The summed E-state index contributed by atoms with van der Waals surface area (Å²) in [7, 11) is 0. The molecule has 1 aliphatic heterocycles. The molecule has 2 fully saturated rings. The average Bonchev–Trinajstić information content (AvgIpc) is 2.76. The minimum atomic E-state index is 0.327. The Balaban J connectivity index is 1.44. The second-order valence-corrected chi connectivity index (χ2v) is 8.44. The van der Waals surface area contributed by atoms with E-state index in [-0.39, 0.29) is 0 Å². The number of nitrogens with one attached hydrogen (secondary N) is 2. The number of ether oxygens (including phenoxy) is 1. The summed E-state index contributed by atoms with van der Waals surface area (Å²) in [6.07, 6.45) is 11.5. The molecule has 0 radical (unpaired) electrons. The summed E-state index contributed by atoms with van der Waals surface area (Å²) in [6.45, 7) is 2.56. The molecule has 4 N–H and O–H groups in total. The van der Waals surface area contributed by atoms with Crippen molar-refractivity contribution in [3.8, 4) is 11.3 Å². The molecule has 1 saturated carbocycles. The van der Waals surface area contributed by atoms with Gasteiger partial charge in [0.05, 0.1) is 23.1 Å². The molecule has 2 aliphatic rings. The molecule has 1 aliphatic carbocycles. The summed E-state index contributed by atoms with van der Waals surface area (Å²) >= 11 is 6.43. The molecule has 2 aromatic rings. The zero-order chi connectivity index (χ0) is 20.1. The molecular formula is C21H29ClN6O. The number of nitrogens with two attached hydrogens (primary N) is 1. The normalized spacial score (nSPS) is 23.0. The number of aromatic nitrogens is 3. The van der Waals surface area contributed by atoms with E-state index < -0.39 is 0 Å². The lowest BCUT2D eigenvalue weighted by Crippen LogP contribution is -2.33. The number of halogens is 1. The van der Waals surface area contributed by atoms with Crippen LogP contribution in [0, 0.1) is 5.92 Å². The summed E-state index contributed by atoms with van der Waals surface area (Å²) in [4.78, 5) is 13.5. The van der Waals surface area contributed by atoms with Gasteiger partial charge in [0.25, 0.3) is 0 Å². The van der Waals surface area contributed by atoms with Gasteiger partial charge in [0, 0.05) is 43.6 Å². The molecule has 8 heteroatoms. The number of nitrogens with zero attached hydrogens (tertiary/aromatic N) is 3. The summed E-state index contributed by atoms with van der Waals surface area (Å²) in [5.74, 6) is 2.18. The first-order chi connectivity index (χ1) is 14.2. The number of pyridine rings is 1. The third kappa shape index (κ3) is 5.56. The number of rotatable bonds is 6. The lowest BCUT2D eigenvalue weighted by molar-refractivity contribution is 0.0699. The van der Waals surface area contributed by atoms with Gasteiger partial charge in [0.1, 0.15) is 11.6 Å². The predicted molar refractivity (Wildman–Crippen MR) is 116 cm³/mol. The van der Waals surface area contributed by atoms with Crippen LogP contribution in [-0.4, -0.2) is 46.8 Å². The minimum Gasteiger partial charge on any atom is -0.381 e. The molecule has 0 unspecified atom stereocenters. The third-order valence-electron chi connectivity index (χ3n) is 5.80. The fourth-order valence-electron chi connectivity index (χ4n) is 3.97. The van der Waals surface area contributed by atoms with Gasteiger partial charge in [0.15, 0.2) is 0 Å². The number of hydrogen-bond acceptors (Lipinski definition) is 7. The Morgan fingerprint density at radius 1 is 1.03 bits per heavy atom. The van der Waals surface area contributed by atoms with Crippen LogP contribution >= 0.6 is 11.6 Å². The van der Waals surface area contributed by atoms with E-state index in [0.717, 1.165) is 81.2 Å². The van der Waals surface area contributed by atoms with E-state index in [9.17, 15) is 0 Å². The van der Waals surface area contributed by atoms with Gasteiger partial charge in [-0.1, -0.05) is 11.6 Å². The zero-order valence-electron chi connectivity index (χ0n) is 16.6. The Morgan fingerprint density at radius 2 is 1.83 bits per heavy atom. The lowest BCUT2D eigenvalue weighted by Gasteiger charge is -2.27. The molecule has 29 heavy (non-hydrogen) atoms. The van der Waals surface area contributed by atoms with Gasteiger partial charge in [0.2, 0.25) is 0 Å². The van der Waals surface area contributed by atoms with Gasteiger partial charge >= 0.3 is 0 Å². The van der Waals surface area contributed by atoms with E-state index in [1.165, 1.54) is 0 Å². The van der Waals surface area contributed by atoms with E-state index in [1.54, 1.807) is 18.6 Å². The Kier molecular flexibility index (Phi) is 6.79. The molecule has 1 saturated heterocycles. The topological polar surface area (TPSA) is 98.0 Å². The van der Waals surface area contributed by atoms with Crippen LogP contribution in [0.1, 0.15) is 38.5 Å². The first kappa shape index (κ1) is 20.3. The molecular weight excluding hydrogens is 388 g/mol. The highest BCUT2D eigenvalue weighted by Gasteiger charge is 2.19. The largest absolute Gasteiger partial charge is 0.381 e. The third-order valence-corrected chi connectivity index (χ3v) is 6.10. The first-order valence-corrected chi connectivity index (χ1v) is 10.9. The van der Waals surface area contributed by atoms with Gasteiger partial charge in [-0.25, -0.2) is 9.97 Å². The second-order valence-electron chi connectivity index (χ2n) is 8.03. The van der Waals surface area contributed by atoms with Gasteiger partial charge in [-0.05, 0) is 50.5 Å². The van der Waals surface area contributed by atoms with Crippen LogP contribution in [0.25, 0.3) is 11.3 Å². The van der Waals surface area contributed by atoms with Crippen LogP contribution in [0.3, 0.4) is 0 Å². The lowest BCUT2D eigenvalue weighted by atomic mass is 9.92. The van der Waals surface area contributed by atoms with Crippen molar-refractivity contribution >= 4 is 23.2 Å². The standard InChI is InChI=1S/C21H29ClN6O/c22-18-11-26-20(27-16-3-1-15(23)2-4-16)9-17(18)19-12-24-13-21(28-19)25-10-14-5-7-29-8-6-14/h9,11-16H,1-8,10,23H2,(H,25,28)(H,26,27). The molecule has 0 amide bonds. The Morgan fingerprint density at radius 3 is 2.62 bits per heavy atom. The van der Waals surface area contributed by atoms with E-state index in [0.29, 0.717) is 23.0 Å². The van der Waals surface area contributed by atoms with Crippen molar-refractivity contribution in [3.63, 3.8) is 0 Å². The fraction of sp³-hybridized carbons (Fsp3) is 0.571. The van der Waals surface area contributed by atoms with Crippen molar-refractivity contribution in [1.82, 2.24) is 15.0 Å². The summed E-state index contributed by atoms with van der Waals surface area (Å²) in [5, 5.41) is 7.50. The average molecular weight is 417 g/mol. The van der Waals surface area contributed by atoms with Gasteiger partial charge in [-0.3, -0.25) is 4.98 Å².